The molecule has 0 bridgehead atoms. The predicted octanol–water partition coefficient (Wildman–Crippen LogP) is 2.84. The lowest BCUT2D eigenvalue weighted by Crippen LogP contribution is -2.42. The molecule has 0 unspecified atom stereocenters. The van der Waals surface area contributed by atoms with E-state index >= 15 is 0 Å². The topological polar surface area (TPSA) is 63.6 Å². The number of rotatable bonds is 6. The van der Waals surface area contributed by atoms with Gasteiger partial charge in [-0.15, -0.1) is 0 Å². The van der Waals surface area contributed by atoms with Crippen LogP contribution in [0, 0.1) is 0 Å². The second-order valence-corrected chi connectivity index (χ2v) is 7.01. The highest BCUT2D eigenvalue weighted by Gasteiger charge is 2.37. The molecule has 1 aromatic carbocycles. The summed E-state index contributed by atoms with van der Waals surface area (Å²) >= 11 is 0. The van der Waals surface area contributed by atoms with Gasteiger partial charge in [0.1, 0.15) is 5.75 Å². The molecule has 0 aliphatic heterocycles. The summed E-state index contributed by atoms with van der Waals surface area (Å²) in [4.78, 5) is 0. The Bertz CT molecular complexity index is 504. The van der Waals surface area contributed by atoms with Crippen molar-refractivity contribution in [3.63, 3.8) is 0 Å². The summed E-state index contributed by atoms with van der Waals surface area (Å²) < 4.78 is 37.5. The summed E-state index contributed by atoms with van der Waals surface area (Å²) in [5.74, 6) is -0.283. The van der Waals surface area contributed by atoms with Gasteiger partial charge in [0.25, 0.3) is 10.1 Å². The van der Waals surface area contributed by atoms with Crippen LogP contribution in [0.15, 0.2) is 30.3 Å². The first kappa shape index (κ1) is 15.5. The summed E-state index contributed by atoms with van der Waals surface area (Å²) in [6.45, 7) is 0.486. The lowest BCUT2D eigenvalue weighted by molar-refractivity contribution is -0.0528. The Hall–Kier alpha value is -0.910. The molecule has 1 aliphatic rings. The molecule has 1 aliphatic carbocycles. The van der Waals surface area contributed by atoms with Gasteiger partial charge in [0.2, 0.25) is 0 Å². The normalized spacial score (nSPS) is 18.9. The molecule has 1 N–H and O–H groups in total. The molecule has 1 saturated carbocycles. The van der Waals surface area contributed by atoms with Crippen molar-refractivity contribution in [2.24, 2.45) is 0 Å². The van der Waals surface area contributed by atoms with Gasteiger partial charge in [-0.25, -0.2) is 0 Å². The molecule has 5 heteroatoms. The van der Waals surface area contributed by atoms with Gasteiger partial charge in [-0.05, 0) is 24.8 Å². The zero-order chi connectivity index (χ0) is 14.5. The van der Waals surface area contributed by atoms with Crippen LogP contribution in [0.3, 0.4) is 0 Å². The molecule has 1 aromatic rings. The van der Waals surface area contributed by atoms with Crippen LogP contribution >= 0.6 is 0 Å². The smallest absolute Gasteiger partial charge is 0.267 e. The fourth-order valence-electron chi connectivity index (χ4n) is 2.89. The predicted molar refractivity (Wildman–Crippen MR) is 78.3 cm³/mol. The van der Waals surface area contributed by atoms with Crippen LogP contribution in [-0.4, -0.2) is 30.9 Å². The Morgan fingerprint density at radius 2 is 1.75 bits per heavy atom. The average Bonchev–Trinajstić information content (AvgIpc) is 2.39. The molecule has 0 radical (unpaired) electrons. The van der Waals surface area contributed by atoms with E-state index < -0.39 is 15.7 Å². The molecule has 0 aromatic heterocycles. The third-order valence-corrected chi connectivity index (χ3v) is 4.74. The summed E-state index contributed by atoms with van der Waals surface area (Å²) in [5, 5.41) is 0. The fraction of sp³-hybridized carbons (Fsp3) is 0.600. The van der Waals surface area contributed by atoms with Crippen molar-refractivity contribution in [1.82, 2.24) is 0 Å². The van der Waals surface area contributed by atoms with Crippen LogP contribution in [0.4, 0.5) is 0 Å². The molecule has 4 nitrogen and oxygen atoms in total. The molecule has 20 heavy (non-hydrogen) atoms. The van der Waals surface area contributed by atoms with Gasteiger partial charge in [0.05, 0.1) is 12.2 Å². The maximum absolute atomic E-state index is 11.2. The Balaban J connectivity index is 1.94. The van der Waals surface area contributed by atoms with Crippen molar-refractivity contribution >= 4 is 10.1 Å². The van der Waals surface area contributed by atoms with Gasteiger partial charge in [0, 0.05) is 0 Å². The van der Waals surface area contributed by atoms with Gasteiger partial charge in [-0.1, -0.05) is 49.6 Å². The summed E-state index contributed by atoms with van der Waals surface area (Å²) in [6, 6.07) is 9.97. The van der Waals surface area contributed by atoms with E-state index in [4.69, 9.17) is 9.29 Å². The van der Waals surface area contributed by atoms with E-state index in [2.05, 4.69) is 0 Å². The average molecular weight is 298 g/mol. The van der Waals surface area contributed by atoms with E-state index in [1.165, 1.54) is 5.56 Å². The first-order valence-corrected chi connectivity index (χ1v) is 8.73. The Morgan fingerprint density at radius 1 is 1.10 bits per heavy atom. The zero-order valence-corrected chi connectivity index (χ0v) is 12.4. The van der Waals surface area contributed by atoms with Crippen LogP contribution in [0.5, 0.6) is 0 Å². The second kappa shape index (κ2) is 6.70. The Labute approximate surface area is 120 Å². The van der Waals surface area contributed by atoms with E-state index in [0.29, 0.717) is 19.4 Å². The van der Waals surface area contributed by atoms with E-state index in [0.717, 1.165) is 25.7 Å². The van der Waals surface area contributed by atoms with Gasteiger partial charge >= 0.3 is 0 Å². The molecule has 1 fully saturated rings. The van der Waals surface area contributed by atoms with E-state index in [9.17, 15) is 8.42 Å². The van der Waals surface area contributed by atoms with Crippen LogP contribution in [0.25, 0.3) is 0 Å². The number of ether oxygens (including phenoxy) is 1. The maximum atomic E-state index is 11.2. The molecular formula is C15H22O4S. The molecule has 112 valence electrons. The minimum absolute atomic E-state index is 0.283. The highest BCUT2D eigenvalue weighted by molar-refractivity contribution is 7.85. The van der Waals surface area contributed by atoms with E-state index in [1.807, 2.05) is 30.3 Å². The van der Waals surface area contributed by atoms with Crippen molar-refractivity contribution in [3.8, 4) is 0 Å². The Morgan fingerprint density at radius 3 is 2.35 bits per heavy atom. The molecule has 0 atom stereocenters. The summed E-state index contributed by atoms with van der Waals surface area (Å²) in [6.07, 6.45) is 5.20. The third kappa shape index (κ3) is 4.89. The molecule has 0 spiro atoms. The van der Waals surface area contributed by atoms with Crippen LogP contribution in [0.2, 0.25) is 0 Å². The van der Waals surface area contributed by atoms with Crippen LogP contribution in [0.1, 0.15) is 37.7 Å². The van der Waals surface area contributed by atoms with E-state index in [-0.39, 0.29) is 5.75 Å². The SMILES string of the molecule is O=S(=O)(O)CC1(OCCc2ccccc2)CCCCC1. The largest absolute Gasteiger partial charge is 0.374 e. The van der Waals surface area contributed by atoms with Crippen LogP contribution < -0.4 is 0 Å². The van der Waals surface area contributed by atoms with Crippen molar-refractivity contribution in [2.75, 3.05) is 12.4 Å². The van der Waals surface area contributed by atoms with Crippen molar-refractivity contribution < 1.29 is 17.7 Å². The monoisotopic (exact) mass is 298 g/mol. The van der Waals surface area contributed by atoms with Crippen molar-refractivity contribution in [1.29, 1.82) is 0 Å². The highest BCUT2D eigenvalue weighted by Crippen LogP contribution is 2.33. The number of hydrogen-bond donors (Lipinski definition) is 1. The standard InChI is InChI=1S/C15H22O4S/c16-20(17,18)13-15(10-5-2-6-11-15)19-12-9-14-7-3-1-4-8-14/h1,3-4,7-8H,2,5-6,9-13H2,(H,16,17,18). The van der Waals surface area contributed by atoms with Gasteiger partial charge in [0.15, 0.2) is 0 Å². The molecule has 0 amide bonds. The molecule has 2 rings (SSSR count). The number of hydrogen-bond acceptors (Lipinski definition) is 3. The quantitative estimate of drug-likeness (QED) is 0.820. The van der Waals surface area contributed by atoms with Gasteiger partial charge in [-0.3, -0.25) is 4.55 Å². The first-order chi connectivity index (χ1) is 9.49. The van der Waals surface area contributed by atoms with Gasteiger partial charge in [-0.2, -0.15) is 8.42 Å². The van der Waals surface area contributed by atoms with Gasteiger partial charge < -0.3 is 4.74 Å². The first-order valence-electron chi connectivity index (χ1n) is 7.12. The summed E-state index contributed by atoms with van der Waals surface area (Å²) in [7, 11) is -4.00. The van der Waals surface area contributed by atoms with Crippen molar-refractivity contribution in [3.05, 3.63) is 35.9 Å². The number of benzene rings is 1. The second-order valence-electron chi connectivity index (χ2n) is 5.55. The minimum atomic E-state index is -4.00. The third-order valence-electron chi connectivity index (χ3n) is 3.85. The Kier molecular flexibility index (Phi) is 5.18. The molecule has 0 saturated heterocycles. The zero-order valence-electron chi connectivity index (χ0n) is 11.6. The van der Waals surface area contributed by atoms with Crippen LogP contribution in [-0.2, 0) is 21.3 Å². The molecule has 0 heterocycles. The highest BCUT2D eigenvalue weighted by atomic mass is 32.2. The lowest BCUT2D eigenvalue weighted by Gasteiger charge is -2.36. The lowest BCUT2D eigenvalue weighted by atomic mass is 9.86. The minimum Gasteiger partial charge on any atom is -0.374 e. The summed E-state index contributed by atoms with van der Waals surface area (Å²) in [5.41, 5.74) is 0.478. The maximum Gasteiger partial charge on any atom is 0.267 e. The molecular weight excluding hydrogens is 276 g/mol. The van der Waals surface area contributed by atoms with Crippen molar-refractivity contribution in [2.45, 2.75) is 44.1 Å². The van der Waals surface area contributed by atoms with E-state index in [1.54, 1.807) is 0 Å². The fourth-order valence-corrected chi connectivity index (χ4v) is 3.93.